The van der Waals surface area contributed by atoms with Crippen molar-refractivity contribution in [2.24, 2.45) is 0 Å². The first-order chi connectivity index (χ1) is 8.75. The number of nitrogen functional groups attached to an aromatic ring is 1. The van der Waals surface area contributed by atoms with Crippen molar-refractivity contribution in [2.75, 3.05) is 5.73 Å². The molecule has 0 aliphatic carbocycles. The Balaban J connectivity index is 1.88. The molecular formula is C14H14N2O2. The molecule has 4 heteroatoms. The number of ether oxygens (including phenoxy) is 1. The van der Waals surface area contributed by atoms with Crippen LogP contribution < -0.4 is 5.73 Å². The van der Waals surface area contributed by atoms with E-state index in [1.165, 1.54) is 0 Å². The van der Waals surface area contributed by atoms with E-state index < -0.39 is 0 Å². The van der Waals surface area contributed by atoms with E-state index >= 15 is 0 Å². The number of hydrogen-bond acceptors (Lipinski definition) is 4. The van der Waals surface area contributed by atoms with Gasteiger partial charge >= 0.3 is 5.97 Å². The highest BCUT2D eigenvalue weighted by Crippen LogP contribution is 2.11. The zero-order valence-corrected chi connectivity index (χ0v) is 9.87. The number of carbonyl (C=O) groups is 1. The van der Waals surface area contributed by atoms with Crippen molar-refractivity contribution >= 4 is 11.7 Å². The van der Waals surface area contributed by atoms with Crippen LogP contribution in [0.5, 0.6) is 0 Å². The molecule has 2 N–H and O–H groups in total. The van der Waals surface area contributed by atoms with Gasteiger partial charge in [0.2, 0.25) is 0 Å². The van der Waals surface area contributed by atoms with Crippen LogP contribution in [0.15, 0.2) is 48.7 Å². The van der Waals surface area contributed by atoms with Crippen molar-refractivity contribution in [2.45, 2.75) is 13.0 Å². The molecule has 4 nitrogen and oxygen atoms in total. The number of para-hydroxylation sites is 1. The molecule has 2 rings (SSSR count). The van der Waals surface area contributed by atoms with Crippen molar-refractivity contribution in [1.29, 1.82) is 0 Å². The summed E-state index contributed by atoms with van der Waals surface area (Å²) in [6.07, 6.45) is 1.85. The summed E-state index contributed by atoms with van der Waals surface area (Å²) in [5.41, 5.74) is 7.87. The number of anilines is 1. The lowest BCUT2D eigenvalue weighted by Gasteiger charge is -2.06. The van der Waals surface area contributed by atoms with Crippen LogP contribution in [0, 0.1) is 0 Å². The average molecular weight is 242 g/mol. The summed E-state index contributed by atoms with van der Waals surface area (Å²) in [6.45, 7) is 0.187. The smallest absolute Gasteiger partial charge is 0.310 e. The Morgan fingerprint density at radius 1 is 1.17 bits per heavy atom. The molecule has 0 saturated heterocycles. The third kappa shape index (κ3) is 3.31. The van der Waals surface area contributed by atoms with Crippen molar-refractivity contribution in [3.8, 4) is 0 Å². The molecular weight excluding hydrogens is 228 g/mol. The molecule has 0 spiro atoms. The SMILES string of the molecule is Nc1ccccc1CC(=O)OCc1ccccn1. The number of rotatable bonds is 4. The maximum atomic E-state index is 11.6. The van der Waals surface area contributed by atoms with Gasteiger partial charge in [0.15, 0.2) is 0 Å². The van der Waals surface area contributed by atoms with Gasteiger partial charge in [-0.2, -0.15) is 0 Å². The van der Waals surface area contributed by atoms with Gasteiger partial charge in [-0.05, 0) is 23.8 Å². The largest absolute Gasteiger partial charge is 0.459 e. The van der Waals surface area contributed by atoms with E-state index in [1.807, 2.05) is 36.4 Å². The number of nitrogens with two attached hydrogens (primary N) is 1. The zero-order valence-electron chi connectivity index (χ0n) is 9.87. The van der Waals surface area contributed by atoms with Crippen LogP contribution in [0.4, 0.5) is 5.69 Å². The standard InChI is InChI=1S/C14H14N2O2/c15-13-7-2-1-5-11(13)9-14(17)18-10-12-6-3-4-8-16-12/h1-8H,9-10,15H2. The van der Waals surface area contributed by atoms with Crippen LogP contribution in [-0.4, -0.2) is 11.0 Å². The fourth-order valence-electron chi connectivity index (χ4n) is 1.54. The molecule has 92 valence electrons. The lowest BCUT2D eigenvalue weighted by Crippen LogP contribution is -2.09. The fraction of sp³-hybridized carbons (Fsp3) is 0.143. The molecule has 0 aliphatic rings. The molecule has 1 heterocycles. The lowest BCUT2D eigenvalue weighted by molar-refractivity contribution is -0.144. The summed E-state index contributed by atoms with van der Waals surface area (Å²) in [7, 11) is 0. The normalized spacial score (nSPS) is 10.0. The van der Waals surface area contributed by atoms with Gasteiger partial charge in [0.25, 0.3) is 0 Å². The maximum absolute atomic E-state index is 11.6. The summed E-state index contributed by atoms with van der Waals surface area (Å²) in [5.74, 6) is -0.307. The van der Waals surface area contributed by atoms with Gasteiger partial charge in [-0.1, -0.05) is 24.3 Å². The van der Waals surface area contributed by atoms with E-state index in [1.54, 1.807) is 12.3 Å². The van der Waals surface area contributed by atoms with E-state index in [9.17, 15) is 4.79 Å². The highest BCUT2D eigenvalue weighted by molar-refractivity contribution is 5.74. The van der Waals surface area contributed by atoms with Crippen LogP contribution in [0.2, 0.25) is 0 Å². The van der Waals surface area contributed by atoms with Gasteiger partial charge in [0, 0.05) is 11.9 Å². The van der Waals surface area contributed by atoms with E-state index in [4.69, 9.17) is 10.5 Å². The average Bonchev–Trinajstić information content (AvgIpc) is 2.40. The Hall–Kier alpha value is -2.36. The second kappa shape index (κ2) is 5.82. The summed E-state index contributed by atoms with van der Waals surface area (Å²) < 4.78 is 5.13. The third-order valence-electron chi connectivity index (χ3n) is 2.50. The Morgan fingerprint density at radius 2 is 1.94 bits per heavy atom. The summed E-state index contributed by atoms with van der Waals surface area (Å²) in [4.78, 5) is 15.7. The number of pyridine rings is 1. The predicted molar refractivity (Wildman–Crippen MR) is 68.6 cm³/mol. The number of aromatic nitrogens is 1. The zero-order chi connectivity index (χ0) is 12.8. The second-order valence-corrected chi connectivity index (χ2v) is 3.86. The Morgan fingerprint density at radius 3 is 2.67 bits per heavy atom. The first-order valence-corrected chi connectivity index (χ1v) is 5.64. The number of hydrogen-bond donors (Lipinski definition) is 1. The minimum Gasteiger partial charge on any atom is -0.459 e. The monoisotopic (exact) mass is 242 g/mol. The molecule has 0 atom stereocenters. The van der Waals surface area contributed by atoms with Gasteiger partial charge in [-0.25, -0.2) is 0 Å². The van der Waals surface area contributed by atoms with Crippen LogP contribution in [0.25, 0.3) is 0 Å². The van der Waals surface area contributed by atoms with Crippen LogP contribution in [0.1, 0.15) is 11.3 Å². The van der Waals surface area contributed by atoms with Gasteiger partial charge in [-0.3, -0.25) is 9.78 Å². The van der Waals surface area contributed by atoms with Crippen molar-refractivity contribution in [3.63, 3.8) is 0 Å². The summed E-state index contributed by atoms with van der Waals surface area (Å²) >= 11 is 0. The molecule has 18 heavy (non-hydrogen) atoms. The quantitative estimate of drug-likeness (QED) is 0.657. The fourth-order valence-corrected chi connectivity index (χ4v) is 1.54. The van der Waals surface area contributed by atoms with Gasteiger partial charge in [0.05, 0.1) is 12.1 Å². The Kier molecular flexibility index (Phi) is 3.91. The van der Waals surface area contributed by atoms with E-state index in [0.29, 0.717) is 5.69 Å². The lowest BCUT2D eigenvalue weighted by atomic mass is 10.1. The van der Waals surface area contributed by atoms with Crippen LogP contribution >= 0.6 is 0 Å². The predicted octanol–water partition coefficient (Wildman–Crippen LogP) is 1.95. The van der Waals surface area contributed by atoms with Crippen molar-refractivity contribution in [3.05, 3.63) is 59.9 Å². The number of carbonyl (C=O) groups excluding carboxylic acids is 1. The minimum atomic E-state index is -0.307. The molecule has 0 fully saturated rings. The van der Waals surface area contributed by atoms with Gasteiger partial charge in [-0.15, -0.1) is 0 Å². The molecule has 0 saturated carbocycles. The molecule has 2 aromatic rings. The minimum absolute atomic E-state index is 0.180. The van der Waals surface area contributed by atoms with Crippen LogP contribution in [-0.2, 0) is 22.6 Å². The number of benzene rings is 1. The third-order valence-corrected chi connectivity index (χ3v) is 2.50. The maximum Gasteiger partial charge on any atom is 0.310 e. The first-order valence-electron chi connectivity index (χ1n) is 5.64. The number of nitrogens with zero attached hydrogens (tertiary/aromatic N) is 1. The molecule has 0 amide bonds. The highest BCUT2D eigenvalue weighted by atomic mass is 16.5. The Labute approximate surface area is 105 Å². The molecule has 0 aliphatic heterocycles. The topological polar surface area (TPSA) is 65.2 Å². The van der Waals surface area contributed by atoms with E-state index in [2.05, 4.69) is 4.98 Å². The second-order valence-electron chi connectivity index (χ2n) is 3.86. The molecule has 0 bridgehead atoms. The van der Waals surface area contributed by atoms with Crippen LogP contribution in [0.3, 0.4) is 0 Å². The molecule has 1 aromatic carbocycles. The van der Waals surface area contributed by atoms with Crippen molar-refractivity contribution in [1.82, 2.24) is 4.98 Å². The molecule has 0 unspecified atom stereocenters. The molecule has 1 aromatic heterocycles. The van der Waals surface area contributed by atoms with E-state index in [0.717, 1.165) is 11.3 Å². The summed E-state index contributed by atoms with van der Waals surface area (Å²) in [6, 6.07) is 12.7. The first kappa shape index (κ1) is 12.1. The summed E-state index contributed by atoms with van der Waals surface area (Å²) in [5, 5.41) is 0. The number of esters is 1. The van der Waals surface area contributed by atoms with Gasteiger partial charge < -0.3 is 10.5 Å². The van der Waals surface area contributed by atoms with Crippen molar-refractivity contribution < 1.29 is 9.53 Å². The van der Waals surface area contributed by atoms with Gasteiger partial charge in [0.1, 0.15) is 6.61 Å². The highest BCUT2D eigenvalue weighted by Gasteiger charge is 2.07. The van der Waals surface area contributed by atoms with E-state index in [-0.39, 0.29) is 19.0 Å². The molecule has 0 radical (unpaired) electrons. The Bertz CT molecular complexity index is 526.